The number of hydrogen-bond acceptors (Lipinski definition) is 1. The summed E-state index contributed by atoms with van der Waals surface area (Å²) in [5, 5.41) is 0. The molecule has 0 spiro atoms. The van der Waals surface area contributed by atoms with Crippen molar-refractivity contribution in [3.8, 4) is 5.75 Å². The lowest BCUT2D eigenvalue weighted by Crippen LogP contribution is -2.12. The summed E-state index contributed by atoms with van der Waals surface area (Å²) in [6.45, 7) is 13.5. The first-order valence-electron chi connectivity index (χ1n) is 10.4. The number of benzene rings is 3. The van der Waals surface area contributed by atoms with Crippen molar-refractivity contribution in [3.63, 3.8) is 0 Å². The second-order valence-electron chi connectivity index (χ2n) is 9.95. The summed E-state index contributed by atoms with van der Waals surface area (Å²) < 4.78 is 5.37. The monoisotopic (exact) mass is 386 g/mol. The van der Waals surface area contributed by atoms with E-state index < -0.39 is 0 Å². The maximum absolute atomic E-state index is 5.37. The Morgan fingerprint density at radius 2 is 0.828 bits per heavy atom. The summed E-state index contributed by atoms with van der Waals surface area (Å²) in [4.78, 5) is 0. The van der Waals surface area contributed by atoms with Crippen molar-refractivity contribution >= 4 is 0 Å². The lowest BCUT2D eigenvalue weighted by atomic mass is 9.80. The zero-order valence-corrected chi connectivity index (χ0v) is 18.9. The van der Waals surface area contributed by atoms with Crippen LogP contribution in [0.3, 0.4) is 0 Å². The van der Waals surface area contributed by atoms with Crippen molar-refractivity contribution in [2.45, 2.75) is 58.3 Å². The van der Waals surface area contributed by atoms with Crippen molar-refractivity contribution in [2.75, 3.05) is 7.11 Å². The van der Waals surface area contributed by atoms with Gasteiger partial charge in [0.2, 0.25) is 0 Å². The van der Waals surface area contributed by atoms with Crippen LogP contribution < -0.4 is 4.74 Å². The van der Waals surface area contributed by atoms with Crippen LogP contribution in [0.2, 0.25) is 0 Å². The molecule has 152 valence electrons. The average Bonchev–Trinajstić information content (AvgIpc) is 2.68. The van der Waals surface area contributed by atoms with E-state index in [1.165, 1.54) is 27.8 Å². The number of hydrogen-bond donors (Lipinski definition) is 0. The standard InChI is InChI=1S/C28H34O/c1-27(2,3)23-14-8-20(9-15-23)26(22-12-18-25(29-7)19-13-22)21-10-16-24(17-11-21)28(4,5)6/h8-19,26H,1-7H3. The first-order valence-corrected chi connectivity index (χ1v) is 10.4. The van der Waals surface area contributed by atoms with E-state index in [0.717, 1.165) is 5.75 Å². The van der Waals surface area contributed by atoms with E-state index in [1.54, 1.807) is 7.11 Å². The topological polar surface area (TPSA) is 9.23 Å². The smallest absolute Gasteiger partial charge is 0.118 e. The Labute approximate surface area is 176 Å². The van der Waals surface area contributed by atoms with Crippen LogP contribution in [0.5, 0.6) is 5.75 Å². The Bertz CT molecular complexity index is 861. The van der Waals surface area contributed by atoms with Crippen molar-refractivity contribution in [1.82, 2.24) is 0 Å². The van der Waals surface area contributed by atoms with Crippen molar-refractivity contribution in [1.29, 1.82) is 0 Å². The molecule has 0 atom stereocenters. The average molecular weight is 387 g/mol. The summed E-state index contributed by atoms with van der Waals surface area (Å²) >= 11 is 0. The van der Waals surface area contributed by atoms with Crippen LogP contribution in [0.1, 0.15) is 75.3 Å². The maximum Gasteiger partial charge on any atom is 0.118 e. The third-order valence-corrected chi connectivity index (χ3v) is 5.67. The predicted molar refractivity (Wildman–Crippen MR) is 124 cm³/mol. The molecule has 3 aromatic carbocycles. The molecule has 0 heterocycles. The highest BCUT2D eigenvalue weighted by molar-refractivity contribution is 5.46. The van der Waals surface area contributed by atoms with Gasteiger partial charge in [-0.05, 0) is 50.8 Å². The third-order valence-electron chi connectivity index (χ3n) is 5.67. The Morgan fingerprint density at radius 1 is 0.517 bits per heavy atom. The molecule has 0 aliphatic carbocycles. The maximum atomic E-state index is 5.37. The molecular weight excluding hydrogens is 352 g/mol. The fourth-order valence-electron chi connectivity index (χ4n) is 3.72. The van der Waals surface area contributed by atoms with Gasteiger partial charge >= 0.3 is 0 Å². The number of ether oxygens (including phenoxy) is 1. The molecule has 0 fully saturated rings. The van der Waals surface area contributed by atoms with Crippen LogP contribution in [0.25, 0.3) is 0 Å². The molecule has 29 heavy (non-hydrogen) atoms. The second kappa shape index (κ2) is 8.06. The third kappa shape index (κ3) is 4.90. The van der Waals surface area contributed by atoms with Crippen molar-refractivity contribution in [3.05, 3.63) is 101 Å². The fourth-order valence-corrected chi connectivity index (χ4v) is 3.72. The molecule has 1 heteroatoms. The van der Waals surface area contributed by atoms with Gasteiger partial charge in [0.25, 0.3) is 0 Å². The van der Waals surface area contributed by atoms with Crippen LogP contribution in [-0.2, 0) is 10.8 Å². The van der Waals surface area contributed by atoms with Crippen LogP contribution in [-0.4, -0.2) is 7.11 Å². The van der Waals surface area contributed by atoms with E-state index in [1.807, 2.05) is 0 Å². The summed E-state index contributed by atoms with van der Waals surface area (Å²) in [5.41, 5.74) is 6.93. The lowest BCUT2D eigenvalue weighted by molar-refractivity contribution is 0.414. The Balaban J connectivity index is 2.06. The molecule has 0 amide bonds. The first-order chi connectivity index (χ1) is 13.6. The van der Waals surface area contributed by atoms with Crippen molar-refractivity contribution < 1.29 is 4.74 Å². The molecule has 0 unspecified atom stereocenters. The second-order valence-corrected chi connectivity index (χ2v) is 9.95. The molecule has 0 bridgehead atoms. The Hall–Kier alpha value is -2.54. The largest absolute Gasteiger partial charge is 0.497 e. The van der Waals surface area contributed by atoms with Gasteiger partial charge in [-0.2, -0.15) is 0 Å². The first kappa shape index (κ1) is 21.2. The van der Waals surface area contributed by atoms with E-state index >= 15 is 0 Å². The van der Waals surface area contributed by atoms with Gasteiger partial charge in [-0.15, -0.1) is 0 Å². The number of rotatable bonds is 4. The summed E-state index contributed by atoms with van der Waals surface area (Å²) in [7, 11) is 1.71. The van der Waals surface area contributed by atoms with E-state index in [4.69, 9.17) is 4.74 Å². The minimum Gasteiger partial charge on any atom is -0.497 e. The SMILES string of the molecule is COc1ccc(C(c2ccc(C(C)(C)C)cc2)c2ccc(C(C)(C)C)cc2)cc1. The molecule has 0 aliphatic heterocycles. The molecule has 1 nitrogen and oxygen atoms in total. The molecule has 0 N–H and O–H groups in total. The summed E-state index contributed by atoms with van der Waals surface area (Å²) in [6, 6.07) is 26.7. The van der Waals surface area contributed by atoms with Crippen LogP contribution >= 0.6 is 0 Å². The van der Waals surface area contributed by atoms with Crippen molar-refractivity contribution in [2.24, 2.45) is 0 Å². The predicted octanol–water partition coefficient (Wildman–Crippen LogP) is 7.47. The zero-order chi connectivity index (χ0) is 21.2. The van der Waals surface area contributed by atoms with Gasteiger partial charge in [-0.25, -0.2) is 0 Å². The number of methoxy groups -OCH3 is 1. The molecular formula is C28H34O. The quantitative estimate of drug-likeness (QED) is 0.423. The molecule has 0 radical (unpaired) electrons. The molecule has 0 aliphatic rings. The van der Waals surface area contributed by atoms with Crippen LogP contribution in [0, 0.1) is 0 Å². The lowest BCUT2D eigenvalue weighted by Gasteiger charge is -2.24. The zero-order valence-electron chi connectivity index (χ0n) is 18.9. The van der Waals surface area contributed by atoms with E-state index in [9.17, 15) is 0 Å². The highest BCUT2D eigenvalue weighted by Crippen LogP contribution is 2.35. The van der Waals surface area contributed by atoms with E-state index in [0.29, 0.717) is 0 Å². The Morgan fingerprint density at radius 3 is 1.10 bits per heavy atom. The molecule has 0 saturated carbocycles. The van der Waals surface area contributed by atoms with Gasteiger partial charge in [0.1, 0.15) is 5.75 Å². The van der Waals surface area contributed by atoms with Gasteiger partial charge < -0.3 is 4.74 Å². The molecule has 0 saturated heterocycles. The van der Waals surface area contributed by atoms with Gasteiger partial charge in [-0.3, -0.25) is 0 Å². The fraction of sp³-hybridized carbons (Fsp3) is 0.357. The van der Waals surface area contributed by atoms with Gasteiger partial charge in [0.05, 0.1) is 7.11 Å². The van der Waals surface area contributed by atoms with Gasteiger partial charge in [0, 0.05) is 5.92 Å². The van der Waals surface area contributed by atoms with Gasteiger partial charge in [0.15, 0.2) is 0 Å². The highest BCUT2D eigenvalue weighted by atomic mass is 16.5. The Kier molecular flexibility index (Phi) is 5.89. The van der Waals surface area contributed by atoms with Crippen LogP contribution in [0.15, 0.2) is 72.8 Å². The summed E-state index contributed by atoms with van der Waals surface area (Å²) in [6.07, 6.45) is 0. The van der Waals surface area contributed by atoms with Crippen LogP contribution in [0.4, 0.5) is 0 Å². The summed E-state index contributed by atoms with van der Waals surface area (Å²) in [5.74, 6) is 1.09. The van der Waals surface area contributed by atoms with Gasteiger partial charge in [-0.1, -0.05) is 102 Å². The highest BCUT2D eigenvalue weighted by Gasteiger charge is 2.20. The minimum atomic E-state index is 0.155. The van der Waals surface area contributed by atoms with E-state index in [2.05, 4.69) is 114 Å². The minimum absolute atomic E-state index is 0.155. The molecule has 0 aromatic heterocycles. The molecule has 3 aromatic rings. The molecule has 3 rings (SSSR count). The normalized spacial score (nSPS) is 12.3. The van der Waals surface area contributed by atoms with E-state index in [-0.39, 0.29) is 16.7 Å².